The van der Waals surface area contributed by atoms with Crippen molar-refractivity contribution in [2.45, 2.75) is 0 Å². The van der Waals surface area contributed by atoms with Gasteiger partial charge in [-0.25, -0.2) is 14.4 Å². The van der Waals surface area contributed by atoms with Crippen molar-refractivity contribution in [1.82, 2.24) is 9.97 Å². The van der Waals surface area contributed by atoms with Crippen LogP contribution in [0.4, 0.5) is 21.7 Å². The van der Waals surface area contributed by atoms with Crippen LogP contribution in [0.3, 0.4) is 0 Å². The number of rotatable bonds is 4. The molecule has 2 N–H and O–H groups in total. The van der Waals surface area contributed by atoms with Crippen LogP contribution in [-0.2, 0) is 0 Å². The van der Waals surface area contributed by atoms with Crippen LogP contribution in [0.25, 0.3) is 0 Å². The monoisotopic (exact) mass is 376 g/mol. The van der Waals surface area contributed by atoms with Gasteiger partial charge in [0, 0.05) is 16.9 Å². The number of amides is 1. The SMILES string of the molecule is O=C(Nc1ccc(Cl)cc1Cl)c1ccnc(Nc2cccc(F)c2)n1. The third-order valence-electron chi connectivity index (χ3n) is 3.15. The van der Waals surface area contributed by atoms with E-state index in [1.54, 1.807) is 24.3 Å². The smallest absolute Gasteiger partial charge is 0.274 e. The van der Waals surface area contributed by atoms with Gasteiger partial charge in [-0.3, -0.25) is 4.79 Å². The zero-order valence-electron chi connectivity index (χ0n) is 12.6. The molecule has 0 spiro atoms. The maximum absolute atomic E-state index is 13.2. The van der Waals surface area contributed by atoms with E-state index >= 15 is 0 Å². The van der Waals surface area contributed by atoms with Crippen molar-refractivity contribution in [3.8, 4) is 0 Å². The van der Waals surface area contributed by atoms with Gasteiger partial charge in [-0.15, -0.1) is 0 Å². The van der Waals surface area contributed by atoms with Gasteiger partial charge in [0.15, 0.2) is 0 Å². The summed E-state index contributed by atoms with van der Waals surface area (Å²) >= 11 is 11.9. The lowest BCUT2D eigenvalue weighted by Gasteiger charge is -2.09. The molecule has 1 aromatic heterocycles. The van der Waals surface area contributed by atoms with Crippen LogP contribution in [0.5, 0.6) is 0 Å². The average molecular weight is 377 g/mol. The Morgan fingerprint density at radius 3 is 2.68 bits per heavy atom. The Morgan fingerprint density at radius 2 is 1.92 bits per heavy atom. The lowest BCUT2D eigenvalue weighted by Crippen LogP contribution is -2.15. The van der Waals surface area contributed by atoms with E-state index in [0.717, 1.165) is 0 Å². The highest BCUT2D eigenvalue weighted by Crippen LogP contribution is 2.25. The standard InChI is InChI=1S/C17H11Cl2FN4O/c18-10-4-5-14(13(19)8-10)23-16(25)15-6-7-21-17(24-15)22-12-3-1-2-11(20)9-12/h1-9H,(H,23,25)(H,21,22,24). The molecule has 0 saturated carbocycles. The second-order valence-electron chi connectivity index (χ2n) is 4.98. The Bertz CT molecular complexity index is 936. The van der Waals surface area contributed by atoms with E-state index in [2.05, 4.69) is 20.6 Å². The molecule has 1 heterocycles. The predicted molar refractivity (Wildman–Crippen MR) is 96.1 cm³/mol. The van der Waals surface area contributed by atoms with E-state index < -0.39 is 11.7 Å². The van der Waals surface area contributed by atoms with Gasteiger partial charge in [-0.05, 0) is 42.5 Å². The molecule has 0 unspecified atom stereocenters. The lowest BCUT2D eigenvalue weighted by atomic mass is 10.3. The summed E-state index contributed by atoms with van der Waals surface area (Å²) in [6.07, 6.45) is 1.42. The first-order valence-corrected chi connectivity index (χ1v) is 7.89. The maximum atomic E-state index is 13.2. The van der Waals surface area contributed by atoms with Gasteiger partial charge in [0.05, 0.1) is 10.7 Å². The van der Waals surface area contributed by atoms with Crippen LogP contribution < -0.4 is 10.6 Å². The van der Waals surface area contributed by atoms with Crippen molar-refractivity contribution in [3.63, 3.8) is 0 Å². The lowest BCUT2D eigenvalue weighted by molar-refractivity contribution is 0.102. The molecular weight excluding hydrogens is 366 g/mol. The highest BCUT2D eigenvalue weighted by Gasteiger charge is 2.11. The van der Waals surface area contributed by atoms with E-state index in [0.29, 0.717) is 21.4 Å². The summed E-state index contributed by atoms with van der Waals surface area (Å²) in [6.45, 7) is 0. The molecule has 0 atom stereocenters. The van der Waals surface area contributed by atoms with Gasteiger partial charge in [0.2, 0.25) is 5.95 Å². The molecule has 3 rings (SSSR count). The molecule has 2 aromatic carbocycles. The minimum absolute atomic E-state index is 0.125. The van der Waals surface area contributed by atoms with Gasteiger partial charge in [-0.1, -0.05) is 29.3 Å². The molecule has 0 radical (unpaired) electrons. The Morgan fingerprint density at radius 1 is 1.08 bits per heavy atom. The first-order chi connectivity index (χ1) is 12.0. The van der Waals surface area contributed by atoms with Crippen LogP contribution >= 0.6 is 23.2 Å². The molecule has 0 saturated heterocycles. The molecule has 0 fully saturated rings. The topological polar surface area (TPSA) is 66.9 Å². The van der Waals surface area contributed by atoms with E-state index in [1.807, 2.05) is 0 Å². The van der Waals surface area contributed by atoms with Gasteiger partial charge < -0.3 is 10.6 Å². The number of hydrogen-bond donors (Lipinski definition) is 2. The van der Waals surface area contributed by atoms with Crippen LogP contribution in [0.2, 0.25) is 10.0 Å². The number of anilines is 3. The van der Waals surface area contributed by atoms with Crippen LogP contribution in [0.15, 0.2) is 54.7 Å². The summed E-state index contributed by atoms with van der Waals surface area (Å²) in [6, 6.07) is 12.0. The molecule has 8 heteroatoms. The number of nitrogens with zero attached hydrogens (tertiary/aromatic N) is 2. The van der Waals surface area contributed by atoms with Crippen molar-refractivity contribution >= 4 is 46.4 Å². The fourth-order valence-electron chi connectivity index (χ4n) is 2.02. The van der Waals surface area contributed by atoms with Crippen molar-refractivity contribution in [2.24, 2.45) is 0 Å². The summed E-state index contributed by atoms with van der Waals surface area (Å²) in [5, 5.41) is 6.26. The quantitative estimate of drug-likeness (QED) is 0.678. The van der Waals surface area contributed by atoms with Crippen LogP contribution in [0.1, 0.15) is 10.5 Å². The van der Waals surface area contributed by atoms with Crippen molar-refractivity contribution < 1.29 is 9.18 Å². The van der Waals surface area contributed by atoms with Gasteiger partial charge in [0.1, 0.15) is 11.5 Å². The number of hydrogen-bond acceptors (Lipinski definition) is 4. The Hall–Kier alpha value is -2.70. The third-order valence-corrected chi connectivity index (χ3v) is 3.70. The maximum Gasteiger partial charge on any atom is 0.274 e. The summed E-state index contributed by atoms with van der Waals surface area (Å²) in [7, 11) is 0. The second-order valence-corrected chi connectivity index (χ2v) is 5.82. The number of halogens is 3. The molecular formula is C17H11Cl2FN4O. The second kappa shape index (κ2) is 7.46. The highest BCUT2D eigenvalue weighted by molar-refractivity contribution is 6.36. The zero-order valence-corrected chi connectivity index (χ0v) is 14.1. The molecule has 0 aliphatic rings. The van der Waals surface area contributed by atoms with Crippen LogP contribution in [0, 0.1) is 5.82 Å². The average Bonchev–Trinajstić information content (AvgIpc) is 2.57. The van der Waals surface area contributed by atoms with E-state index in [9.17, 15) is 9.18 Å². The fraction of sp³-hybridized carbons (Fsp3) is 0. The minimum Gasteiger partial charge on any atom is -0.324 e. The first-order valence-electron chi connectivity index (χ1n) is 7.13. The Balaban J connectivity index is 1.77. The summed E-state index contributed by atoms with van der Waals surface area (Å²) in [4.78, 5) is 20.5. The largest absolute Gasteiger partial charge is 0.324 e. The van der Waals surface area contributed by atoms with E-state index in [1.165, 1.54) is 30.5 Å². The fourth-order valence-corrected chi connectivity index (χ4v) is 2.47. The molecule has 1 amide bonds. The number of carbonyl (C=O) groups is 1. The molecule has 0 bridgehead atoms. The normalized spacial score (nSPS) is 10.4. The van der Waals surface area contributed by atoms with E-state index in [-0.39, 0.29) is 11.6 Å². The van der Waals surface area contributed by atoms with Crippen molar-refractivity contribution in [3.05, 3.63) is 76.3 Å². The molecule has 0 aliphatic heterocycles. The molecule has 5 nitrogen and oxygen atoms in total. The minimum atomic E-state index is -0.464. The first kappa shape index (κ1) is 17.1. The highest BCUT2D eigenvalue weighted by atomic mass is 35.5. The van der Waals surface area contributed by atoms with Gasteiger partial charge in [0.25, 0.3) is 5.91 Å². The summed E-state index contributed by atoms with van der Waals surface area (Å²) in [5.74, 6) is -0.689. The van der Waals surface area contributed by atoms with Crippen molar-refractivity contribution in [1.29, 1.82) is 0 Å². The molecule has 25 heavy (non-hydrogen) atoms. The predicted octanol–water partition coefficient (Wildman–Crippen LogP) is 4.92. The van der Waals surface area contributed by atoms with Crippen molar-refractivity contribution in [2.75, 3.05) is 10.6 Å². The number of nitrogens with one attached hydrogen (secondary N) is 2. The van der Waals surface area contributed by atoms with Gasteiger partial charge >= 0.3 is 0 Å². The van der Waals surface area contributed by atoms with Crippen LogP contribution in [-0.4, -0.2) is 15.9 Å². The number of aromatic nitrogens is 2. The summed E-state index contributed by atoms with van der Waals surface area (Å²) < 4.78 is 13.2. The number of benzene rings is 2. The van der Waals surface area contributed by atoms with Gasteiger partial charge in [-0.2, -0.15) is 0 Å². The Labute approximate surface area is 152 Å². The number of carbonyl (C=O) groups excluding carboxylic acids is 1. The summed E-state index contributed by atoms with van der Waals surface area (Å²) in [5.41, 5.74) is 1.01. The third kappa shape index (κ3) is 4.43. The molecule has 3 aromatic rings. The Kier molecular flexibility index (Phi) is 5.11. The molecule has 0 aliphatic carbocycles. The zero-order chi connectivity index (χ0) is 17.8. The van der Waals surface area contributed by atoms with E-state index in [4.69, 9.17) is 23.2 Å². The molecule has 126 valence electrons.